The van der Waals surface area contributed by atoms with Crippen LogP contribution in [0.2, 0.25) is 5.02 Å². The van der Waals surface area contributed by atoms with Gasteiger partial charge in [0.1, 0.15) is 0 Å². The zero-order chi connectivity index (χ0) is 11.1. The van der Waals surface area contributed by atoms with Gasteiger partial charge in [0, 0.05) is 24.7 Å². The van der Waals surface area contributed by atoms with Gasteiger partial charge in [0.25, 0.3) is 0 Å². The molecule has 0 aromatic heterocycles. The van der Waals surface area contributed by atoms with Crippen molar-refractivity contribution < 1.29 is 0 Å². The van der Waals surface area contributed by atoms with Crippen LogP contribution in [0, 0.1) is 0 Å². The van der Waals surface area contributed by atoms with Crippen molar-refractivity contribution in [3.05, 3.63) is 34.9 Å². The van der Waals surface area contributed by atoms with Crippen molar-refractivity contribution in [2.45, 2.75) is 6.42 Å². The van der Waals surface area contributed by atoms with Crippen LogP contribution < -0.4 is 5.32 Å². The van der Waals surface area contributed by atoms with E-state index in [1.807, 2.05) is 19.2 Å². The summed E-state index contributed by atoms with van der Waals surface area (Å²) in [6, 6.07) is 8.08. The summed E-state index contributed by atoms with van der Waals surface area (Å²) in [5.74, 6) is 0. The molecule has 0 spiro atoms. The first-order valence-electron chi connectivity index (χ1n) is 5.30. The lowest BCUT2D eigenvalue weighted by Gasteiger charge is -2.15. The van der Waals surface area contributed by atoms with Gasteiger partial charge in [0.15, 0.2) is 0 Å². The normalized spacial score (nSPS) is 10.9. The van der Waals surface area contributed by atoms with Crippen molar-refractivity contribution in [1.29, 1.82) is 0 Å². The smallest absolute Gasteiger partial charge is 0.0406 e. The molecule has 1 rings (SSSR count). The zero-order valence-electron chi connectivity index (χ0n) is 9.46. The molecule has 0 fully saturated rings. The third-order valence-electron chi connectivity index (χ3n) is 2.44. The van der Waals surface area contributed by atoms with E-state index < -0.39 is 0 Å². The Morgan fingerprint density at radius 2 is 1.87 bits per heavy atom. The second kappa shape index (κ2) is 6.83. The molecule has 0 radical (unpaired) electrons. The van der Waals surface area contributed by atoms with E-state index in [1.54, 1.807) is 0 Å². The summed E-state index contributed by atoms with van der Waals surface area (Å²) in [6.45, 7) is 3.21. The molecule has 0 heterocycles. The van der Waals surface area contributed by atoms with Crippen molar-refractivity contribution >= 4 is 11.6 Å². The quantitative estimate of drug-likeness (QED) is 0.799. The Kier molecular flexibility index (Phi) is 5.69. The van der Waals surface area contributed by atoms with E-state index in [-0.39, 0.29) is 0 Å². The van der Waals surface area contributed by atoms with E-state index >= 15 is 0 Å². The second-order valence-corrected chi connectivity index (χ2v) is 4.22. The van der Waals surface area contributed by atoms with E-state index in [2.05, 4.69) is 29.4 Å². The van der Waals surface area contributed by atoms with Gasteiger partial charge in [-0.25, -0.2) is 0 Å². The Labute approximate surface area is 97.2 Å². The van der Waals surface area contributed by atoms with Crippen LogP contribution in [-0.4, -0.2) is 38.6 Å². The van der Waals surface area contributed by atoms with Crippen molar-refractivity contribution in [2.75, 3.05) is 33.7 Å². The number of benzene rings is 1. The molecule has 0 aliphatic heterocycles. The predicted molar refractivity (Wildman–Crippen MR) is 66.6 cm³/mol. The minimum atomic E-state index is 0.808. The summed E-state index contributed by atoms with van der Waals surface area (Å²) in [5, 5.41) is 3.95. The minimum Gasteiger partial charge on any atom is -0.318 e. The Balaban J connectivity index is 2.27. The fourth-order valence-electron chi connectivity index (χ4n) is 1.39. The maximum Gasteiger partial charge on any atom is 0.0406 e. The first-order chi connectivity index (χ1) is 7.22. The van der Waals surface area contributed by atoms with Crippen LogP contribution in [0.1, 0.15) is 5.56 Å². The van der Waals surface area contributed by atoms with Crippen LogP contribution in [-0.2, 0) is 6.42 Å². The van der Waals surface area contributed by atoms with Crippen molar-refractivity contribution in [3.63, 3.8) is 0 Å². The highest BCUT2D eigenvalue weighted by molar-refractivity contribution is 6.30. The number of hydrogen-bond acceptors (Lipinski definition) is 2. The molecule has 1 N–H and O–H groups in total. The number of rotatable bonds is 6. The summed E-state index contributed by atoms with van der Waals surface area (Å²) in [5.41, 5.74) is 1.34. The molecule has 0 saturated carbocycles. The molecule has 84 valence electrons. The van der Waals surface area contributed by atoms with Crippen molar-refractivity contribution in [1.82, 2.24) is 10.2 Å². The molecule has 0 amide bonds. The first-order valence-corrected chi connectivity index (χ1v) is 5.68. The van der Waals surface area contributed by atoms with Gasteiger partial charge in [-0.1, -0.05) is 23.7 Å². The average Bonchev–Trinajstić information content (AvgIpc) is 2.25. The molecular formula is C12H19ClN2. The Hall–Kier alpha value is -0.570. The fraction of sp³-hybridized carbons (Fsp3) is 0.500. The molecule has 0 saturated heterocycles. The van der Waals surface area contributed by atoms with Gasteiger partial charge >= 0.3 is 0 Å². The fourth-order valence-corrected chi connectivity index (χ4v) is 1.51. The Morgan fingerprint density at radius 1 is 1.20 bits per heavy atom. The van der Waals surface area contributed by atoms with E-state index in [9.17, 15) is 0 Å². The highest BCUT2D eigenvalue weighted by Gasteiger charge is 1.98. The molecule has 0 bridgehead atoms. The van der Waals surface area contributed by atoms with Gasteiger partial charge in [-0.05, 0) is 38.2 Å². The van der Waals surface area contributed by atoms with E-state index in [4.69, 9.17) is 11.6 Å². The number of likely N-dealkylation sites (N-methyl/N-ethyl adjacent to an activating group) is 2. The number of halogens is 1. The van der Waals surface area contributed by atoms with Crippen LogP contribution in [0.3, 0.4) is 0 Å². The number of hydrogen-bond donors (Lipinski definition) is 1. The van der Waals surface area contributed by atoms with E-state index in [1.165, 1.54) is 5.56 Å². The molecule has 15 heavy (non-hydrogen) atoms. The lowest BCUT2D eigenvalue weighted by Crippen LogP contribution is -2.29. The highest BCUT2D eigenvalue weighted by Crippen LogP contribution is 2.09. The van der Waals surface area contributed by atoms with Crippen molar-refractivity contribution in [3.8, 4) is 0 Å². The largest absolute Gasteiger partial charge is 0.318 e. The summed E-state index contributed by atoms with van der Waals surface area (Å²) >= 11 is 5.82. The summed E-state index contributed by atoms with van der Waals surface area (Å²) in [4.78, 5) is 2.32. The van der Waals surface area contributed by atoms with Crippen LogP contribution in [0.25, 0.3) is 0 Å². The first kappa shape index (κ1) is 12.5. The van der Waals surface area contributed by atoms with Crippen molar-refractivity contribution in [2.24, 2.45) is 0 Å². The minimum absolute atomic E-state index is 0.808. The van der Waals surface area contributed by atoms with Gasteiger partial charge in [-0.15, -0.1) is 0 Å². The van der Waals surface area contributed by atoms with Crippen LogP contribution in [0.15, 0.2) is 24.3 Å². The SMILES string of the molecule is CNCCN(C)CCc1ccc(Cl)cc1. The molecule has 0 aliphatic rings. The molecule has 0 unspecified atom stereocenters. The van der Waals surface area contributed by atoms with Gasteiger partial charge in [0.2, 0.25) is 0 Å². The van der Waals surface area contributed by atoms with Gasteiger partial charge < -0.3 is 10.2 Å². The van der Waals surface area contributed by atoms with Crippen LogP contribution in [0.5, 0.6) is 0 Å². The maximum atomic E-state index is 5.82. The zero-order valence-corrected chi connectivity index (χ0v) is 10.2. The Bertz CT molecular complexity index is 271. The molecule has 0 aliphatic carbocycles. The van der Waals surface area contributed by atoms with E-state index in [0.29, 0.717) is 0 Å². The summed E-state index contributed by atoms with van der Waals surface area (Å²) in [7, 11) is 4.13. The van der Waals surface area contributed by atoms with Crippen LogP contribution in [0.4, 0.5) is 0 Å². The van der Waals surface area contributed by atoms with E-state index in [0.717, 1.165) is 31.1 Å². The lowest BCUT2D eigenvalue weighted by molar-refractivity contribution is 0.339. The molecular weight excluding hydrogens is 208 g/mol. The molecule has 0 atom stereocenters. The summed E-state index contributed by atoms with van der Waals surface area (Å²) in [6.07, 6.45) is 1.08. The highest BCUT2D eigenvalue weighted by atomic mass is 35.5. The standard InChI is InChI=1S/C12H19ClN2/c1-14-8-10-15(2)9-7-11-3-5-12(13)6-4-11/h3-6,14H,7-10H2,1-2H3. The second-order valence-electron chi connectivity index (χ2n) is 3.78. The average molecular weight is 227 g/mol. The van der Waals surface area contributed by atoms with Gasteiger partial charge in [0.05, 0.1) is 0 Å². The maximum absolute atomic E-state index is 5.82. The Morgan fingerprint density at radius 3 is 2.47 bits per heavy atom. The molecule has 3 heteroatoms. The lowest BCUT2D eigenvalue weighted by atomic mass is 10.1. The molecule has 1 aromatic rings. The molecule has 2 nitrogen and oxygen atoms in total. The van der Waals surface area contributed by atoms with Gasteiger partial charge in [-0.3, -0.25) is 0 Å². The third-order valence-corrected chi connectivity index (χ3v) is 2.69. The number of nitrogens with one attached hydrogen (secondary N) is 1. The molecule has 1 aromatic carbocycles. The third kappa shape index (κ3) is 5.17. The van der Waals surface area contributed by atoms with Crippen LogP contribution >= 0.6 is 11.6 Å². The monoisotopic (exact) mass is 226 g/mol. The topological polar surface area (TPSA) is 15.3 Å². The summed E-state index contributed by atoms with van der Waals surface area (Å²) < 4.78 is 0. The number of nitrogens with zero attached hydrogens (tertiary/aromatic N) is 1. The van der Waals surface area contributed by atoms with Gasteiger partial charge in [-0.2, -0.15) is 0 Å². The predicted octanol–water partition coefficient (Wildman–Crippen LogP) is 2.03.